The summed E-state index contributed by atoms with van der Waals surface area (Å²) in [6, 6.07) is 8.31. The maximum Gasteiger partial charge on any atom is 0.122 e. The number of hydrogen-bond donors (Lipinski definition) is 1. The van der Waals surface area contributed by atoms with E-state index < -0.39 is 5.60 Å². The van der Waals surface area contributed by atoms with Gasteiger partial charge in [0, 0.05) is 5.56 Å². The Morgan fingerprint density at radius 1 is 1.18 bits per heavy atom. The summed E-state index contributed by atoms with van der Waals surface area (Å²) in [6.07, 6.45) is 4.24. The molecule has 0 amide bonds. The third kappa shape index (κ3) is 5.06. The van der Waals surface area contributed by atoms with Crippen LogP contribution in [0.1, 0.15) is 51.2 Å². The summed E-state index contributed by atoms with van der Waals surface area (Å²) in [5, 5.41) is 9.78. The van der Waals surface area contributed by atoms with Crippen molar-refractivity contribution in [3.63, 3.8) is 0 Å². The highest BCUT2D eigenvalue weighted by Crippen LogP contribution is 2.09. The number of aliphatic hydroxyl groups is 1. The largest absolute Gasteiger partial charge is 0.378 e. The molecule has 0 heterocycles. The van der Waals surface area contributed by atoms with Crippen LogP contribution >= 0.6 is 0 Å². The molecule has 92 valence electrons. The zero-order chi connectivity index (χ0) is 12.7. The van der Waals surface area contributed by atoms with E-state index in [0.717, 1.165) is 12.0 Å². The first-order valence-corrected chi connectivity index (χ1v) is 6.42. The fourth-order valence-electron chi connectivity index (χ4n) is 1.43. The predicted octanol–water partition coefficient (Wildman–Crippen LogP) is 3.54. The second-order valence-electron chi connectivity index (χ2n) is 4.68. The second-order valence-corrected chi connectivity index (χ2v) is 4.68. The Bertz CT molecular complexity index is 390. The van der Waals surface area contributed by atoms with Crippen molar-refractivity contribution in [3.05, 3.63) is 35.4 Å². The van der Waals surface area contributed by atoms with Crippen molar-refractivity contribution >= 4 is 0 Å². The zero-order valence-corrected chi connectivity index (χ0v) is 11.1. The molecule has 0 aliphatic carbocycles. The van der Waals surface area contributed by atoms with Gasteiger partial charge in [-0.3, -0.25) is 0 Å². The smallest absolute Gasteiger partial charge is 0.122 e. The molecule has 0 aromatic heterocycles. The van der Waals surface area contributed by atoms with Gasteiger partial charge in [-0.25, -0.2) is 0 Å². The first-order chi connectivity index (χ1) is 8.07. The van der Waals surface area contributed by atoms with Gasteiger partial charge < -0.3 is 5.11 Å². The number of benzene rings is 1. The summed E-state index contributed by atoms with van der Waals surface area (Å²) in [5.41, 5.74) is 1.46. The van der Waals surface area contributed by atoms with E-state index in [1.165, 1.54) is 18.4 Å². The van der Waals surface area contributed by atoms with Crippen LogP contribution in [0.3, 0.4) is 0 Å². The third-order valence-corrected chi connectivity index (χ3v) is 2.94. The van der Waals surface area contributed by atoms with Crippen molar-refractivity contribution in [3.8, 4) is 11.8 Å². The average molecular weight is 230 g/mol. The number of hydrogen-bond acceptors (Lipinski definition) is 1. The van der Waals surface area contributed by atoms with E-state index in [9.17, 15) is 5.11 Å². The third-order valence-electron chi connectivity index (χ3n) is 2.94. The lowest BCUT2D eigenvalue weighted by Gasteiger charge is -2.11. The van der Waals surface area contributed by atoms with Gasteiger partial charge in [-0.1, -0.05) is 44.2 Å². The van der Waals surface area contributed by atoms with Crippen LogP contribution in [0.4, 0.5) is 0 Å². The molecule has 1 nitrogen and oxygen atoms in total. The minimum Gasteiger partial charge on any atom is -0.378 e. The molecule has 1 unspecified atom stereocenters. The van der Waals surface area contributed by atoms with Crippen LogP contribution in [0.2, 0.25) is 0 Å². The molecule has 0 aliphatic heterocycles. The van der Waals surface area contributed by atoms with Gasteiger partial charge in [0.25, 0.3) is 0 Å². The Hall–Kier alpha value is -1.26. The van der Waals surface area contributed by atoms with Crippen molar-refractivity contribution in [1.29, 1.82) is 0 Å². The molecular weight excluding hydrogens is 208 g/mol. The molecule has 17 heavy (non-hydrogen) atoms. The normalized spacial score (nSPS) is 13.6. The minimum absolute atomic E-state index is 0.647. The molecule has 0 radical (unpaired) electrons. The summed E-state index contributed by atoms with van der Waals surface area (Å²) in [4.78, 5) is 0. The van der Waals surface area contributed by atoms with E-state index in [-0.39, 0.29) is 0 Å². The maximum atomic E-state index is 9.78. The minimum atomic E-state index is -0.874. The summed E-state index contributed by atoms with van der Waals surface area (Å²) in [5.74, 6) is 5.91. The Labute approximate surface area is 105 Å². The second kappa shape index (κ2) is 6.47. The van der Waals surface area contributed by atoms with E-state index in [2.05, 4.69) is 30.9 Å². The summed E-state index contributed by atoms with van der Waals surface area (Å²) in [6.45, 7) is 5.88. The SMILES string of the molecule is CCCCc1ccc(C#CC(C)(O)CC)cc1. The lowest BCUT2D eigenvalue weighted by atomic mass is 10.0. The van der Waals surface area contributed by atoms with Crippen LogP contribution < -0.4 is 0 Å². The van der Waals surface area contributed by atoms with Gasteiger partial charge in [-0.15, -0.1) is 0 Å². The number of aryl methyl sites for hydroxylation is 1. The van der Waals surface area contributed by atoms with E-state index >= 15 is 0 Å². The molecule has 0 aliphatic rings. The summed E-state index contributed by atoms with van der Waals surface area (Å²) < 4.78 is 0. The highest BCUT2D eigenvalue weighted by Gasteiger charge is 2.12. The van der Waals surface area contributed by atoms with E-state index in [1.807, 2.05) is 19.1 Å². The van der Waals surface area contributed by atoms with Crippen molar-refractivity contribution in [2.75, 3.05) is 0 Å². The topological polar surface area (TPSA) is 20.2 Å². The van der Waals surface area contributed by atoms with E-state index in [0.29, 0.717) is 6.42 Å². The standard InChI is InChI=1S/C16H22O/c1-4-6-7-14-8-10-15(11-9-14)12-13-16(3,17)5-2/h8-11,17H,4-7H2,1-3H3. The molecule has 1 aromatic rings. The molecule has 1 N–H and O–H groups in total. The lowest BCUT2D eigenvalue weighted by molar-refractivity contribution is 0.118. The molecule has 0 fully saturated rings. The quantitative estimate of drug-likeness (QED) is 0.784. The summed E-state index contributed by atoms with van der Waals surface area (Å²) >= 11 is 0. The Morgan fingerprint density at radius 3 is 2.35 bits per heavy atom. The summed E-state index contributed by atoms with van der Waals surface area (Å²) in [7, 11) is 0. The van der Waals surface area contributed by atoms with Gasteiger partial charge in [0.05, 0.1) is 0 Å². The lowest BCUT2D eigenvalue weighted by Crippen LogP contribution is -2.19. The molecule has 0 bridgehead atoms. The fraction of sp³-hybridized carbons (Fsp3) is 0.500. The number of unbranched alkanes of at least 4 members (excludes halogenated alkanes) is 1. The van der Waals surface area contributed by atoms with Gasteiger partial charge >= 0.3 is 0 Å². The molecule has 1 heteroatoms. The highest BCUT2D eigenvalue weighted by atomic mass is 16.3. The first-order valence-electron chi connectivity index (χ1n) is 6.42. The van der Waals surface area contributed by atoms with Crippen LogP contribution in [-0.4, -0.2) is 10.7 Å². The van der Waals surface area contributed by atoms with Gasteiger partial charge in [0.1, 0.15) is 5.60 Å². The Balaban J connectivity index is 2.68. The molecule has 1 aromatic carbocycles. The van der Waals surface area contributed by atoms with Crippen molar-refractivity contribution < 1.29 is 5.11 Å². The molecule has 0 saturated carbocycles. The monoisotopic (exact) mass is 230 g/mol. The highest BCUT2D eigenvalue weighted by molar-refractivity contribution is 5.37. The van der Waals surface area contributed by atoms with E-state index in [1.54, 1.807) is 6.92 Å². The Morgan fingerprint density at radius 2 is 1.82 bits per heavy atom. The number of rotatable bonds is 4. The van der Waals surface area contributed by atoms with Crippen molar-refractivity contribution in [2.24, 2.45) is 0 Å². The van der Waals surface area contributed by atoms with Crippen LogP contribution in [0.5, 0.6) is 0 Å². The predicted molar refractivity (Wildman–Crippen MR) is 72.8 cm³/mol. The van der Waals surface area contributed by atoms with Crippen LogP contribution in [0.25, 0.3) is 0 Å². The van der Waals surface area contributed by atoms with Crippen LogP contribution in [0, 0.1) is 11.8 Å². The fourth-order valence-corrected chi connectivity index (χ4v) is 1.43. The van der Waals surface area contributed by atoms with E-state index in [4.69, 9.17) is 0 Å². The van der Waals surface area contributed by atoms with Crippen molar-refractivity contribution in [2.45, 2.75) is 52.1 Å². The maximum absolute atomic E-state index is 9.78. The molecule has 1 atom stereocenters. The van der Waals surface area contributed by atoms with Crippen LogP contribution in [0.15, 0.2) is 24.3 Å². The van der Waals surface area contributed by atoms with Gasteiger partial charge in [0.2, 0.25) is 0 Å². The Kier molecular flexibility index (Phi) is 5.25. The zero-order valence-electron chi connectivity index (χ0n) is 11.1. The molecular formula is C16H22O. The van der Waals surface area contributed by atoms with Crippen molar-refractivity contribution in [1.82, 2.24) is 0 Å². The molecule has 0 saturated heterocycles. The average Bonchev–Trinajstić information content (AvgIpc) is 2.35. The van der Waals surface area contributed by atoms with Crippen LogP contribution in [-0.2, 0) is 6.42 Å². The first kappa shape index (κ1) is 13.8. The van der Waals surface area contributed by atoms with Gasteiger partial charge in [-0.05, 0) is 43.9 Å². The van der Waals surface area contributed by atoms with Gasteiger partial charge in [-0.2, -0.15) is 0 Å². The molecule has 1 rings (SSSR count). The molecule has 0 spiro atoms. The van der Waals surface area contributed by atoms with Gasteiger partial charge in [0.15, 0.2) is 0 Å².